The molecule has 1 saturated heterocycles. The van der Waals surface area contributed by atoms with Crippen molar-refractivity contribution >= 4 is 11.8 Å². The third-order valence-electron chi connectivity index (χ3n) is 4.93. The van der Waals surface area contributed by atoms with E-state index in [4.69, 9.17) is 10.5 Å². The number of rotatable bonds is 7. The molecule has 0 bridgehead atoms. The van der Waals surface area contributed by atoms with Crippen LogP contribution in [-0.2, 0) is 0 Å². The quantitative estimate of drug-likeness (QED) is 0.787. The summed E-state index contributed by atoms with van der Waals surface area (Å²) in [7, 11) is 1.65. The maximum atomic E-state index is 12.6. The maximum absolute atomic E-state index is 12.6. The highest BCUT2D eigenvalue weighted by Crippen LogP contribution is 2.27. The number of amides is 2. The summed E-state index contributed by atoms with van der Waals surface area (Å²) in [4.78, 5) is 26.3. The number of hydrogen-bond acceptors (Lipinski definition) is 4. The Hall–Kier alpha value is -2.86. The van der Waals surface area contributed by atoms with Gasteiger partial charge >= 0.3 is 0 Å². The lowest BCUT2D eigenvalue weighted by Gasteiger charge is -2.28. The van der Waals surface area contributed by atoms with E-state index in [9.17, 15) is 9.59 Å². The van der Waals surface area contributed by atoms with Gasteiger partial charge in [-0.05, 0) is 61.8 Å². The number of ether oxygens (including phenoxy) is 1. The van der Waals surface area contributed by atoms with Crippen molar-refractivity contribution in [1.29, 1.82) is 0 Å². The number of carbonyl (C=O) groups is 2. The van der Waals surface area contributed by atoms with Crippen molar-refractivity contribution in [3.8, 4) is 5.75 Å². The van der Waals surface area contributed by atoms with Gasteiger partial charge in [0.05, 0.1) is 13.2 Å². The Kier molecular flexibility index (Phi) is 6.08. The third kappa shape index (κ3) is 4.65. The molecule has 142 valence electrons. The number of nitrogens with two attached hydrogens (primary N) is 1. The van der Waals surface area contributed by atoms with Gasteiger partial charge in [-0.3, -0.25) is 14.5 Å². The minimum absolute atomic E-state index is 0.0749. The van der Waals surface area contributed by atoms with Crippen LogP contribution < -0.4 is 15.8 Å². The molecule has 1 fully saturated rings. The minimum atomic E-state index is -0.545. The first-order chi connectivity index (χ1) is 13.1. The number of carbonyl (C=O) groups excluding carboxylic acids is 2. The molecular formula is C21H25N3O3. The molecule has 3 N–H and O–H groups in total. The summed E-state index contributed by atoms with van der Waals surface area (Å²) in [6.07, 6.45) is 2.32. The average Bonchev–Trinajstić information content (AvgIpc) is 3.22. The Balaban J connectivity index is 1.75. The predicted octanol–water partition coefficient (Wildman–Crippen LogP) is 2.36. The van der Waals surface area contributed by atoms with E-state index >= 15 is 0 Å². The van der Waals surface area contributed by atoms with Crippen LogP contribution in [-0.4, -0.2) is 43.5 Å². The van der Waals surface area contributed by atoms with E-state index in [1.54, 1.807) is 25.3 Å². The van der Waals surface area contributed by atoms with Crippen LogP contribution in [0.2, 0.25) is 0 Å². The number of likely N-dealkylation sites (tertiary alicyclic amines) is 1. The first-order valence-electron chi connectivity index (χ1n) is 9.14. The van der Waals surface area contributed by atoms with Crippen LogP contribution in [0.25, 0.3) is 0 Å². The minimum Gasteiger partial charge on any atom is -0.497 e. The lowest BCUT2D eigenvalue weighted by atomic mass is 10.0. The van der Waals surface area contributed by atoms with Gasteiger partial charge in [0.15, 0.2) is 0 Å². The van der Waals surface area contributed by atoms with E-state index in [2.05, 4.69) is 16.3 Å². The number of hydrogen-bond donors (Lipinski definition) is 2. The summed E-state index contributed by atoms with van der Waals surface area (Å²) in [6.45, 7) is 2.50. The highest BCUT2D eigenvalue weighted by molar-refractivity contribution is 5.99. The molecule has 6 heteroatoms. The largest absolute Gasteiger partial charge is 0.497 e. The van der Waals surface area contributed by atoms with Crippen molar-refractivity contribution < 1.29 is 14.3 Å². The third-order valence-corrected chi connectivity index (χ3v) is 4.93. The summed E-state index contributed by atoms with van der Waals surface area (Å²) in [6, 6.07) is 14.5. The number of methoxy groups -OCH3 is 1. The number of benzene rings is 2. The first-order valence-corrected chi connectivity index (χ1v) is 9.14. The highest BCUT2D eigenvalue weighted by atomic mass is 16.5. The number of nitrogens with one attached hydrogen (secondary N) is 1. The zero-order chi connectivity index (χ0) is 19.2. The molecule has 2 amide bonds. The van der Waals surface area contributed by atoms with Crippen molar-refractivity contribution in [3.05, 3.63) is 65.2 Å². The van der Waals surface area contributed by atoms with Crippen molar-refractivity contribution in [2.45, 2.75) is 18.9 Å². The first kappa shape index (κ1) is 18.9. The summed E-state index contributed by atoms with van der Waals surface area (Å²) in [5, 5.41) is 3.00. The molecule has 1 aliphatic heterocycles. The summed E-state index contributed by atoms with van der Waals surface area (Å²) < 4.78 is 5.35. The Labute approximate surface area is 159 Å². The molecule has 3 rings (SSSR count). The van der Waals surface area contributed by atoms with E-state index in [1.807, 2.05) is 18.2 Å². The Morgan fingerprint density at radius 2 is 1.81 bits per heavy atom. The molecule has 0 radical (unpaired) electrons. The van der Waals surface area contributed by atoms with Crippen molar-refractivity contribution in [1.82, 2.24) is 10.2 Å². The van der Waals surface area contributed by atoms with Gasteiger partial charge in [0, 0.05) is 17.7 Å². The second-order valence-corrected chi connectivity index (χ2v) is 6.69. The summed E-state index contributed by atoms with van der Waals surface area (Å²) >= 11 is 0. The lowest BCUT2D eigenvalue weighted by Crippen LogP contribution is -2.36. The van der Waals surface area contributed by atoms with Crippen LogP contribution in [0.5, 0.6) is 5.75 Å². The van der Waals surface area contributed by atoms with Gasteiger partial charge in [-0.1, -0.05) is 18.2 Å². The van der Waals surface area contributed by atoms with Gasteiger partial charge in [0.25, 0.3) is 5.91 Å². The topological polar surface area (TPSA) is 84.7 Å². The maximum Gasteiger partial charge on any atom is 0.251 e. The van der Waals surface area contributed by atoms with Gasteiger partial charge in [-0.25, -0.2) is 0 Å². The van der Waals surface area contributed by atoms with Crippen molar-refractivity contribution in [2.24, 2.45) is 5.73 Å². The normalized spacial score (nSPS) is 15.3. The molecule has 27 heavy (non-hydrogen) atoms. The van der Waals surface area contributed by atoms with E-state index in [1.165, 1.54) is 6.07 Å². The van der Waals surface area contributed by atoms with E-state index in [0.717, 1.165) is 37.2 Å². The molecular weight excluding hydrogens is 342 g/mol. The van der Waals surface area contributed by atoms with Gasteiger partial charge in [0.1, 0.15) is 5.75 Å². The Bertz CT molecular complexity index is 816. The van der Waals surface area contributed by atoms with Gasteiger partial charge in [-0.15, -0.1) is 0 Å². The smallest absolute Gasteiger partial charge is 0.251 e. The Morgan fingerprint density at radius 1 is 1.11 bits per heavy atom. The SMILES string of the molecule is COc1cccc([C@@H](CNC(=O)c2cccc(C(N)=O)c2)N2CCCC2)c1. The molecule has 0 unspecified atom stereocenters. The van der Waals surface area contributed by atoms with Gasteiger partial charge in [0.2, 0.25) is 5.91 Å². The second kappa shape index (κ2) is 8.68. The van der Waals surface area contributed by atoms with Crippen LogP contribution in [0.1, 0.15) is 45.2 Å². The van der Waals surface area contributed by atoms with Crippen LogP contribution in [0.4, 0.5) is 0 Å². The van der Waals surface area contributed by atoms with Crippen LogP contribution in [0, 0.1) is 0 Å². The van der Waals surface area contributed by atoms with Crippen molar-refractivity contribution in [2.75, 3.05) is 26.7 Å². The molecule has 0 aliphatic carbocycles. The number of nitrogens with zero attached hydrogens (tertiary/aromatic N) is 1. The number of primary amides is 1. The van der Waals surface area contributed by atoms with E-state index < -0.39 is 5.91 Å². The van der Waals surface area contributed by atoms with Crippen LogP contribution in [0.3, 0.4) is 0 Å². The van der Waals surface area contributed by atoms with E-state index in [0.29, 0.717) is 17.7 Å². The molecule has 0 saturated carbocycles. The van der Waals surface area contributed by atoms with Crippen LogP contribution >= 0.6 is 0 Å². The highest BCUT2D eigenvalue weighted by Gasteiger charge is 2.24. The molecule has 1 atom stereocenters. The van der Waals surface area contributed by atoms with Gasteiger partial charge < -0.3 is 15.8 Å². The van der Waals surface area contributed by atoms with Gasteiger partial charge in [-0.2, -0.15) is 0 Å². The zero-order valence-corrected chi connectivity index (χ0v) is 15.5. The molecule has 0 spiro atoms. The molecule has 2 aromatic carbocycles. The summed E-state index contributed by atoms with van der Waals surface area (Å²) in [5.74, 6) is 0.0401. The fraction of sp³-hybridized carbons (Fsp3) is 0.333. The molecule has 1 aliphatic rings. The van der Waals surface area contributed by atoms with Crippen LogP contribution in [0.15, 0.2) is 48.5 Å². The molecule has 0 aromatic heterocycles. The van der Waals surface area contributed by atoms with Crippen molar-refractivity contribution in [3.63, 3.8) is 0 Å². The predicted molar refractivity (Wildman–Crippen MR) is 104 cm³/mol. The Morgan fingerprint density at radius 3 is 2.52 bits per heavy atom. The molecule has 6 nitrogen and oxygen atoms in total. The fourth-order valence-electron chi connectivity index (χ4n) is 3.46. The van der Waals surface area contributed by atoms with E-state index in [-0.39, 0.29) is 11.9 Å². The lowest BCUT2D eigenvalue weighted by molar-refractivity contribution is 0.0938. The fourth-order valence-corrected chi connectivity index (χ4v) is 3.46. The zero-order valence-electron chi connectivity index (χ0n) is 15.5. The average molecular weight is 367 g/mol. The standard InChI is InChI=1S/C21H25N3O3/c1-27-18-9-5-6-15(13-18)19(24-10-2-3-11-24)14-23-21(26)17-8-4-7-16(12-17)20(22)25/h4-9,12-13,19H,2-3,10-11,14H2,1H3,(H2,22,25)(H,23,26)/t19-/m1/s1. The second-order valence-electron chi connectivity index (χ2n) is 6.69. The summed E-state index contributed by atoms with van der Waals surface area (Å²) in [5.41, 5.74) is 7.17. The molecule has 2 aromatic rings. The monoisotopic (exact) mass is 367 g/mol. The molecule has 1 heterocycles.